The highest BCUT2D eigenvalue weighted by Gasteiger charge is 2.04. The highest BCUT2D eigenvalue weighted by Crippen LogP contribution is 2.21. The lowest BCUT2D eigenvalue weighted by atomic mass is 10.2. The van der Waals surface area contributed by atoms with Crippen LogP contribution in [0.4, 0.5) is 0 Å². The number of aromatic nitrogens is 1. The van der Waals surface area contributed by atoms with Gasteiger partial charge in [-0.1, -0.05) is 29.3 Å². The SMILES string of the molecule is CCNC(=NCc1ccc(Cl)cc1Cl)NCc1scnc1C.I. The highest BCUT2D eigenvalue weighted by molar-refractivity contribution is 14.0. The third-order valence-corrected chi connectivity index (χ3v) is 4.55. The van der Waals surface area contributed by atoms with Crippen molar-refractivity contribution in [1.29, 1.82) is 0 Å². The lowest BCUT2D eigenvalue weighted by Crippen LogP contribution is -2.36. The Balaban J connectivity index is 0.00000264. The number of hydrogen-bond donors (Lipinski definition) is 2. The summed E-state index contributed by atoms with van der Waals surface area (Å²) < 4.78 is 0. The Hall–Kier alpha value is -0.570. The van der Waals surface area contributed by atoms with Crippen LogP contribution in [0.3, 0.4) is 0 Å². The molecule has 2 aromatic rings. The first-order chi connectivity index (χ1) is 10.6. The van der Waals surface area contributed by atoms with E-state index in [4.69, 9.17) is 23.2 Å². The summed E-state index contributed by atoms with van der Waals surface area (Å²) in [6.45, 7) is 6.03. The monoisotopic (exact) mass is 484 g/mol. The van der Waals surface area contributed by atoms with Crippen LogP contribution in [0.1, 0.15) is 23.1 Å². The average Bonchev–Trinajstić information content (AvgIpc) is 2.89. The standard InChI is InChI=1S/C15H18Cl2N4S.HI/c1-3-18-15(20-8-14-10(2)21-9-22-14)19-7-11-4-5-12(16)6-13(11)17;/h4-6,9H,3,7-8H2,1-2H3,(H2,18,19,20);1H. The van der Waals surface area contributed by atoms with Gasteiger partial charge in [-0.15, -0.1) is 35.3 Å². The van der Waals surface area contributed by atoms with Crippen molar-refractivity contribution in [2.24, 2.45) is 4.99 Å². The summed E-state index contributed by atoms with van der Waals surface area (Å²) >= 11 is 13.7. The zero-order valence-electron chi connectivity index (χ0n) is 12.9. The van der Waals surface area contributed by atoms with Crippen molar-refractivity contribution in [3.8, 4) is 0 Å². The van der Waals surface area contributed by atoms with E-state index in [1.807, 2.05) is 31.5 Å². The first-order valence-electron chi connectivity index (χ1n) is 6.95. The Kier molecular flexibility index (Phi) is 9.19. The number of aryl methyl sites for hydroxylation is 1. The van der Waals surface area contributed by atoms with Gasteiger partial charge in [0.1, 0.15) is 0 Å². The molecule has 0 unspecified atom stereocenters. The smallest absolute Gasteiger partial charge is 0.191 e. The normalized spacial score (nSPS) is 11.0. The number of benzene rings is 1. The Labute approximate surface area is 167 Å². The Bertz CT molecular complexity index is 661. The molecule has 4 nitrogen and oxygen atoms in total. The molecule has 0 atom stereocenters. The van der Waals surface area contributed by atoms with E-state index in [9.17, 15) is 0 Å². The van der Waals surface area contributed by atoms with Crippen LogP contribution in [0.2, 0.25) is 10.0 Å². The largest absolute Gasteiger partial charge is 0.357 e. The molecular formula is C15H19Cl2IN4S. The fourth-order valence-electron chi connectivity index (χ4n) is 1.82. The molecule has 1 aromatic carbocycles. The topological polar surface area (TPSA) is 49.3 Å². The lowest BCUT2D eigenvalue weighted by Gasteiger charge is -2.11. The summed E-state index contributed by atoms with van der Waals surface area (Å²) in [5.74, 6) is 0.751. The van der Waals surface area contributed by atoms with Gasteiger partial charge in [0.25, 0.3) is 0 Å². The van der Waals surface area contributed by atoms with Gasteiger partial charge in [0.15, 0.2) is 5.96 Å². The molecule has 0 amide bonds. The summed E-state index contributed by atoms with van der Waals surface area (Å²) in [4.78, 5) is 10.0. The van der Waals surface area contributed by atoms with Crippen molar-refractivity contribution in [3.63, 3.8) is 0 Å². The first-order valence-corrected chi connectivity index (χ1v) is 8.58. The van der Waals surface area contributed by atoms with Crippen molar-refractivity contribution in [2.45, 2.75) is 26.9 Å². The molecule has 23 heavy (non-hydrogen) atoms. The van der Waals surface area contributed by atoms with Gasteiger partial charge in [-0.2, -0.15) is 0 Å². The van der Waals surface area contributed by atoms with Gasteiger partial charge in [-0.05, 0) is 31.5 Å². The van der Waals surface area contributed by atoms with E-state index in [-0.39, 0.29) is 24.0 Å². The molecule has 2 N–H and O–H groups in total. The van der Waals surface area contributed by atoms with E-state index >= 15 is 0 Å². The fraction of sp³-hybridized carbons (Fsp3) is 0.333. The molecule has 0 fully saturated rings. The van der Waals surface area contributed by atoms with Gasteiger partial charge in [0.05, 0.1) is 24.3 Å². The van der Waals surface area contributed by atoms with Crippen molar-refractivity contribution in [1.82, 2.24) is 15.6 Å². The van der Waals surface area contributed by atoms with Crippen molar-refractivity contribution >= 4 is 64.5 Å². The maximum Gasteiger partial charge on any atom is 0.191 e. The van der Waals surface area contributed by atoms with Crippen LogP contribution in [0.5, 0.6) is 0 Å². The molecule has 0 aliphatic carbocycles. The molecule has 126 valence electrons. The summed E-state index contributed by atoms with van der Waals surface area (Å²) in [5, 5.41) is 7.78. The minimum absolute atomic E-state index is 0. The van der Waals surface area contributed by atoms with E-state index in [1.165, 1.54) is 4.88 Å². The zero-order chi connectivity index (χ0) is 15.9. The summed E-state index contributed by atoms with van der Waals surface area (Å²) in [6.07, 6.45) is 0. The molecule has 0 aliphatic heterocycles. The minimum atomic E-state index is 0. The molecule has 0 spiro atoms. The molecule has 0 aliphatic rings. The predicted molar refractivity (Wildman–Crippen MR) is 110 cm³/mol. The molecule has 0 saturated carbocycles. The predicted octanol–water partition coefficient (Wildman–Crippen LogP) is 4.63. The molecular weight excluding hydrogens is 466 g/mol. The third-order valence-electron chi connectivity index (χ3n) is 3.03. The van der Waals surface area contributed by atoms with Crippen LogP contribution >= 0.6 is 58.5 Å². The molecule has 2 rings (SSSR count). The number of nitrogens with one attached hydrogen (secondary N) is 2. The molecule has 0 radical (unpaired) electrons. The van der Waals surface area contributed by atoms with Crippen molar-refractivity contribution < 1.29 is 0 Å². The number of aliphatic imine (C=N–C) groups is 1. The molecule has 1 aromatic heterocycles. The van der Waals surface area contributed by atoms with E-state index in [0.717, 1.165) is 23.8 Å². The summed E-state index contributed by atoms with van der Waals surface area (Å²) in [5.41, 5.74) is 3.84. The van der Waals surface area contributed by atoms with Crippen molar-refractivity contribution in [3.05, 3.63) is 49.9 Å². The van der Waals surface area contributed by atoms with Crippen LogP contribution in [-0.2, 0) is 13.1 Å². The van der Waals surface area contributed by atoms with E-state index in [2.05, 4.69) is 20.6 Å². The second kappa shape index (κ2) is 10.3. The lowest BCUT2D eigenvalue weighted by molar-refractivity contribution is 0.819. The first kappa shape index (κ1) is 20.5. The Morgan fingerprint density at radius 2 is 2.09 bits per heavy atom. The zero-order valence-corrected chi connectivity index (χ0v) is 17.6. The number of guanidine groups is 1. The van der Waals surface area contributed by atoms with E-state index in [1.54, 1.807) is 17.4 Å². The molecule has 1 heterocycles. The van der Waals surface area contributed by atoms with Crippen LogP contribution in [0, 0.1) is 6.92 Å². The second-order valence-electron chi connectivity index (χ2n) is 4.65. The van der Waals surface area contributed by atoms with Crippen LogP contribution in [0.15, 0.2) is 28.7 Å². The summed E-state index contributed by atoms with van der Waals surface area (Å²) in [6, 6.07) is 5.44. The highest BCUT2D eigenvalue weighted by atomic mass is 127. The van der Waals surface area contributed by atoms with Crippen molar-refractivity contribution in [2.75, 3.05) is 6.54 Å². The maximum absolute atomic E-state index is 6.17. The number of rotatable bonds is 5. The number of thiazole rings is 1. The number of halogens is 3. The van der Waals surface area contributed by atoms with Crippen LogP contribution < -0.4 is 10.6 Å². The second-order valence-corrected chi connectivity index (χ2v) is 6.43. The Morgan fingerprint density at radius 3 is 2.70 bits per heavy atom. The van der Waals surface area contributed by atoms with E-state index < -0.39 is 0 Å². The van der Waals surface area contributed by atoms with Gasteiger partial charge in [-0.3, -0.25) is 0 Å². The molecule has 8 heteroatoms. The van der Waals surface area contributed by atoms with Crippen LogP contribution in [0.25, 0.3) is 0 Å². The van der Waals surface area contributed by atoms with Gasteiger partial charge >= 0.3 is 0 Å². The average molecular weight is 485 g/mol. The quantitative estimate of drug-likeness (QED) is 0.369. The Morgan fingerprint density at radius 1 is 1.30 bits per heavy atom. The fourth-order valence-corrected chi connectivity index (χ4v) is 3.00. The minimum Gasteiger partial charge on any atom is -0.357 e. The molecule has 0 bridgehead atoms. The van der Waals surface area contributed by atoms with Gasteiger partial charge in [0, 0.05) is 21.5 Å². The number of hydrogen-bond acceptors (Lipinski definition) is 3. The van der Waals surface area contributed by atoms with E-state index in [0.29, 0.717) is 23.1 Å². The maximum atomic E-state index is 6.17. The van der Waals surface area contributed by atoms with Gasteiger partial charge in [-0.25, -0.2) is 9.98 Å². The summed E-state index contributed by atoms with van der Waals surface area (Å²) in [7, 11) is 0. The van der Waals surface area contributed by atoms with Gasteiger partial charge < -0.3 is 10.6 Å². The van der Waals surface area contributed by atoms with Gasteiger partial charge in [0.2, 0.25) is 0 Å². The number of nitrogens with zero attached hydrogens (tertiary/aromatic N) is 2. The van der Waals surface area contributed by atoms with Crippen LogP contribution in [-0.4, -0.2) is 17.5 Å². The third kappa shape index (κ3) is 6.45. The molecule has 0 saturated heterocycles.